The van der Waals surface area contributed by atoms with Crippen molar-refractivity contribution in [1.29, 1.82) is 0 Å². The molecule has 370 valence electrons. The van der Waals surface area contributed by atoms with Crippen molar-refractivity contribution in [3.05, 3.63) is 168 Å². The number of nitrogens with zero attached hydrogens (tertiary/aromatic N) is 2. The Morgan fingerprint density at radius 1 is 0.480 bits per heavy atom. The van der Waals surface area contributed by atoms with E-state index < -0.39 is 48.0 Å². The molecule has 2 saturated heterocycles. The zero-order chi connectivity index (χ0) is 51.1. The predicted molar refractivity (Wildman–Crippen MR) is 275 cm³/mol. The number of epoxide rings is 2. The van der Waals surface area contributed by atoms with Crippen LogP contribution in [0.15, 0.2) is 146 Å². The third-order valence-electron chi connectivity index (χ3n) is 13.8. The van der Waals surface area contributed by atoms with Crippen LogP contribution in [-0.4, -0.2) is 96.3 Å². The summed E-state index contributed by atoms with van der Waals surface area (Å²) in [5, 5.41) is 7.99. The number of amides is 6. The molecular formula is C59H42N4O12. The predicted octanol–water partition coefficient (Wildman–Crippen LogP) is 9.52. The van der Waals surface area contributed by atoms with E-state index in [1.165, 1.54) is 6.92 Å². The molecule has 0 spiro atoms. The van der Waals surface area contributed by atoms with E-state index >= 15 is 19.2 Å². The summed E-state index contributed by atoms with van der Waals surface area (Å²) in [4.78, 5) is 90.1. The van der Waals surface area contributed by atoms with Gasteiger partial charge in [-0.3, -0.25) is 38.6 Å². The van der Waals surface area contributed by atoms with Crippen molar-refractivity contribution in [2.45, 2.75) is 25.2 Å². The van der Waals surface area contributed by atoms with E-state index in [-0.39, 0.29) is 81.3 Å². The number of imide groups is 2. The Hall–Kier alpha value is -9.38. The summed E-state index contributed by atoms with van der Waals surface area (Å²) in [6, 6.07) is 40.5. The van der Waals surface area contributed by atoms with Gasteiger partial charge < -0.3 is 39.1 Å². The summed E-state index contributed by atoms with van der Waals surface area (Å²) < 4.78 is 38.2. The first-order valence-corrected chi connectivity index (χ1v) is 24.4. The van der Waals surface area contributed by atoms with E-state index in [1.54, 1.807) is 121 Å². The smallest absolute Gasteiger partial charge is 0.262 e. The Balaban J connectivity index is 1.18. The second-order valence-electron chi connectivity index (χ2n) is 18.7. The molecule has 16 nitrogen and oxygen atoms in total. The van der Waals surface area contributed by atoms with Gasteiger partial charge in [0.25, 0.3) is 23.6 Å². The van der Waals surface area contributed by atoms with Crippen LogP contribution in [0.5, 0.6) is 46.0 Å². The molecule has 9 aromatic rings. The lowest BCUT2D eigenvalue weighted by molar-refractivity contribution is -0.124. The molecule has 3 unspecified atom stereocenters. The number of carbonyl (C=O) groups is 6. The van der Waals surface area contributed by atoms with Gasteiger partial charge in [-0.25, -0.2) is 0 Å². The molecule has 16 heteroatoms. The van der Waals surface area contributed by atoms with Gasteiger partial charge in [-0.2, -0.15) is 0 Å². The number of hydrogen-bond acceptors (Lipinski definition) is 12. The highest BCUT2D eigenvalue weighted by Gasteiger charge is 2.44. The summed E-state index contributed by atoms with van der Waals surface area (Å²) in [6.07, 6.45) is -0.304. The summed E-state index contributed by atoms with van der Waals surface area (Å²) in [7, 11) is 0. The second kappa shape index (κ2) is 18.0. The molecule has 0 aliphatic carbocycles. The Labute approximate surface area is 426 Å². The maximum atomic E-state index is 15.3. The molecule has 0 radical (unpaired) electrons. The standard InChI is InChI=1S/C59H42N4O12/c1-31(55(65)61-27-37-30-71-37)63-58(68)40-24-44(74-34-18-10-4-11-19-34)51-49-42(72-32-14-6-2-7-15-32)22-38-47-39(57(67)62(56(38)66)28-46(64)60-26-36-29-70-36)23-43(73-33-16-8-3-9-17-33)50(53(47)49)52-45(75-35-20-12-5-13-21-35)25-41(59(63)69)48(40)54(51)52/h2-25,31,36-37H,26-30H2,1H3,(H,60,64)(H,61,65). The normalized spacial score (nSPS) is 16.9. The number of para-hydroxylation sites is 4. The minimum absolute atomic E-state index is 0.0459. The minimum Gasteiger partial charge on any atom is -0.457 e. The van der Waals surface area contributed by atoms with Crippen LogP contribution in [0.1, 0.15) is 48.4 Å². The molecule has 2 fully saturated rings. The van der Waals surface area contributed by atoms with Crippen molar-refractivity contribution in [1.82, 2.24) is 20.4 Å². The van der Waals surface area contributed by atoms with Crippen LogP contribution in [0.4, 0.5) is 0 Å². The number of benzene rings is 9. The van der Waals surface area contributed by atoms with Crippen LogP contribution in [0.25, 0.3) is 43.1 Å². The summed E-state index contributed by atoms with van der Waals surface area (Å²) in [5.41, 5.74) is 0.188. The zero-order valence-electron chi connectivity index (χ0n) is 39.9. The molecule has 4 aliphatic heterocycles. The van der Waals surface area contributed by atoms with Crippen molar-refractivity contribution < 1.29 is 57.2 Å². The van der Waals surface area contributed by atoms with Gasteiger partial charge in [0, 0.05) is 56.2 Å². The molecule has 0 saturated carbocycles. The van der Waals surface area contributed by atoms with Crippen LogP contribution in [0.3, 0.4) is 0 Å². The fraction of sp³-hybridized carbons (Fsp3) is 0.153. The van der Waals surface area contributed by atoms with Gasteiger partial charge in [0.15, 0.2) is 0 Å². The van der Waals surface area contributed by atoms with E-state index in [0.717, 1.165) is 9.80 Å². The van der Waals surface area contributed by atoms with Gasteiger partial charge in [-0.15, -0.1) is 0 Å². The van der Waals surface area contributed by atoms with Crippen LogP contribution >= 0.6 is 0 Å². The lowest BCUT2D eigenvalue weighted by Gasteiger charge is -2.34. The molecule has 4 aliphatic rings. The molecule has 0 bridgehead atoms. The van der Waals surface area contributed by atoms with E-state index in [0.29, 0.717) is 68.5 Å². The van der Waals surface area contributed by atoms with E-state index in [4.69, 9.17) is 28.4 Å². The fourth-order valence-corrected chi connectivity index (χ4v) is 10.1. The third kappa shape index (κ3) is 7.94. The van der Waals surface area contributed by atoms with Crippen LogP contribution in [0.2, 0.25) is 0 Å². The molecule has 6 amide bonds. The van der Waals surface area contributed by atoms with Crippen LogP contribution in [0, 0.1) is 0 Å². The van der Waals surface area contributed by atoms with Crippen molar-refractivity contribution in [3.63, 3.8) is 0 Å². The highest BCUT2D eigenvalue weighted by Crippen LogP contribution is 2.58. The first-order valence-electron chi connectivity index (χ1n) is 24.4. The Kier molecular flexibility index (Phi) is 10.9. The molecule has 3 atom stereocenters. The van der Waals surface area contributed by atoms with Crippen LogP contribution in [-0.2, 0) is 19.1 Å². The van der Waals surface area contributed by atoms with Gasteiger partial charge in [0.1, 0.15) is 58.6 Å². The van der Waals surface area contributed by atoms with Crippen molar-refractivity contribution in [3.8, 4) is 46.0 Å². The van der Waals surface area contributed by atoms with Crippen molar-refractivity contribution in [2.24, 2.45) is 0 Å². The fourth-order valence-electron chi connectivity index (χ4n) is 10.1. The molecule has 13 rings (SSSR count). The maximum Gasteiger partial charge on any atom is 0.262 e. The SMILES string of the molecule is CC(C(=O)NCC1CO1)N1C(=O)c2cc(Oc3ccccc3)c3c4c(Oc5ccccc5)cc5c6c(cc(Oc7ccccc7)c(c7c(Oc8ccccc8)cc(c2c37)C1=O)c64)C(=O)N(CC(=O)NCC1CO1)C5=O. The minimum atomic E-state index is -1.27. The van der Waals surface area contributed by atoms with E-state index in [1.807, 2.05) is 24.3 Å². The monoisotopic (exact) mass is 998 g/mol. The van der Waals surface area contributed by atoms with Gasteiger partial charge in [-0.1, -0.05) is 72.8 Å². The van der Waals surface area contributed by atoms with Crippen molar-refractivity contribution >= 4 is 78.5 Å². The summed E-state index contributed by atoms with van der Waals surface area (Å²) >= 11 is 0. The summed E-state index contributed by atoms with van der Waals surface area (Å²) in [6.45, 7) is 2.30. The molecule has 75 heavy (non-hydrogen) atoms. The van der Waals surface area contributed by atoms with Gasteiger partial charge in [0.2, 0.25) is 11.8 Å². The highest BCUT2D eigenvalue weighted by molar-refractivity contribution is 6.45. The number of rotatable bonds is 16. The number of carbonyl (C=O) groups excluding carboxylic acids is 6. The summed E-state index contributed by atoms with van der Waals surface area (Å²) in [5.74, 6) is -2.13. The molecule has 0 aromatic heterocycles. The Bertz CT molecular complexity index is 3650. The number of fused-ring (bicyclic) bond motifs is 2. The first-order chi connectivity index (χ1) is 36.6. The maximum absolute atomic E-state index is 15.3. The number of hydrogen-bond donors (Lipinski definition) is 2. The number of ether oxygens (including phenoxy) is 6. The highest BCUT2D eigenvalue weighted by atomic mass is 16.6. The van der Waals surface area contributed by atoms with Gasteiger partial charge in [0.05, 0.1) is 47.7 Å². The third-order valence-corrected chi connectivity index (χ3v) is 13.8. The second-order valence-corrected chi connectivity index (χ2v) is 18.7. The molecule has 4 heterocycles. The average molecular weight is 999 g/mol. The quantitative estimate of drug-likeness (QED) is 0.0403. The van der Waals surface area contributed by atoms with Crippen molar-refractivity contribution in [2.75, 3.05) is 32.8 Å². The average Bonchev–Trinajstić information content (AvgIpc) is 4.43. The van der Waals surface area contributed by atoms with Gasteiger partial charge in [-0.05, 0) is 79.7 Å². The zero-order valence-corrected chi connectivity index (χ0v) is 39.9. The first kappa shape index (κ1) is 45.5. The lowest BCUT2D eigenvalue weighted by Crippen LogP contribution is -2.52. The molecular weight excluding hydrogens is 957 g/mol. The van der Waals surface area contributed by atoms with E-state index in [2.05, 4.69) is 10.6 Å². The molecule has 2 N–H and O–H groups in total. The Morgan fingerprint density at radius 2 is 0.800 bits per heavy atom. The Morgan fingerprint density at radius 3 is 1.13 bits per heavy atom. The van der Waals surface area contributed by atoms with Gasteiger partial charge >= 0.3 is 0 Å². The van der Waals surface area contributed by atoms with Crippen LogP contribution < -0.4 is 29.6 Å². The molecule has 9 aromatic carbocycles. The topological polar surface area (TPSA) is 195 Å². The largest absolute Gasteiger partial charge is 0.457 e. The van der Waals surface area contributed by atoms with E-state index in [9.17, 15) is 9.59 Å². The lowest BCUT2D eigenvalue weighted by atomic mass is 9.80. The number of nitrogens with one attached hydrogen (secondary N) is 2.